The van der Waals surface area contributed by atoms with Gasteiger partial charge in [-0.15, -0.1) is 0 Å². The van der Waals surface area contributed by atoms with Gasteiger partial charge in [0.15, 0.2) is 0 Å². The molecule has 0 heterocycles. The van der Waals surface area contributed by atoms with E-state index in [1.165, 1.54) is 0 Å². The molecule has 1 unspecified atom stereocenters. The van der Waals surface area contributed by atoms with E-state index in [2.05, 4.69) is 10.6 Å². The second-order valence-electron chi connectivity index (χ2n) is 4.47. The minimum atomic E-state index is -1.06. The highest BCUT2D eigenvalue weighted by atomic mass is 16.4. The van der Waals surface area contributed by atoms with E-state index < -0.39 is 12.0 Å². The van der Waals surface area contributed by atoms with Crippen LogP contribution in [0, 0.1) is 0 Å². The van der Waals surface area contributed by atoms with Crippen LogP contribution in [0.5, 0.6) is 0 Å². The maximum absolute atomic E-state index is 11.6. The third-order valence-electron chi connectivity index (χ3n) is 2.62. The molecular formula is C14H24N2O4. The Morgan fingerprint density at radius 3 is 2.40 bits per heavy atom. The van der Waals surface area contributed by atoms with Crippen LogP contribution in [0.1, 0.15) is 46.0 Å². The first-order valence-corrected chi connectivity index (χ1v) is 6.91. The van der Waals surface area contributed by atoms with Crippen molar-refractivity contribution >= 4 is 17.8 Å². The molecule has 114 valence electrons. The Morgan fingerprint density at radius 1 is 1.20 bits per heavy atom. The largest absolute Gasteiger partial charge is 0.480 e. The molecule has 0 aliphatic carbocycles. The topological polar surface area (TPSA) is 95.5 Å². The molecule has 1 atom stereocenters. The SMILES string of the molecule is C/C=C/CC(NC(=O)CCCC(=O)NCCC)C(=O)O. The van der Waals surface area contributed by atoms with E-state index in [4.69, 9.17) is 5.11 Å². The van der Waals surface area contributed by atoms with Gasteiger partial charge < -0.3 is 15.7 Å². The summed E-state index contributed by atoms with van der Waals surface area (Å²) in [5.74, 6) is -1.48. The van der Waals surface area contributed by atoms with Crippen LogP contribution in [0.2, 0.25) is 0 Å². The maximum atomic E-state index is 11.6. The van der Waals surface area contributed by atoms with Crippen LogP contribution in [0.4, 0.5) is 0 Å². The summed E-state index contributed by atoms with van der Waals surface area (Å²) < 4.78 is 0. The monoisotopic (exact) mass is 284 g/mol. The van der Waals surface area contributed by atoms with Gasteiger partial charge in [-0.25, -0.2) is 4.79 Å². The average Bonchev–Trinajstić information content (AvgIpc) is 2.40. The van der Waals surface area contributed by atoms with E-state index >= 15 is 0 Å². The maximum Gasteiger partial charge on any atom is 0.326 e. The molecule has 0 rings (SSSR count). The number of carboxylic acids is 1. The minimum Gasteiger partial charge on any atom is -0.480 e. The smallest absolute Gasteiger partial charge is 0.326 e. The van der Waals surface area contributed by atoms with Crippen LogP contribution < -0.4 is 10.6 Å². The lowest BCUT2D eigenvalue weighted by Gasteiger charge is -2.12. The van der Waals surface area contributed by atoms with Crippen LogP contribution >= 0.6 is 0 Å². The fourth-order valence-corrected chi connectivity index (χ4v) is 1.52. The van der Waals surface area contributed by atoms with Crippen molar-refractivity contribution in [1.29, 1.82) is 0 Å². The Balaban J connectivity index is 3.96. The molecular weight excluding hydrogens is 260 g/mol. The highest BCUT2D eigenvalue weighted by molar-refractivity contribution is 5.84. The lowest BCUT2D eigenvalue weighted by molar-refractivity contribution is -0.141. The first-order chi connectivity index (χ1) is 9.51. The van der Waals surface area contributed by atoms with Gasteiger partial charge in [0.2, 0.25) is 11.8 Å². The van der Waals surface area contributed by atoms with E-state index in [1.807, 2.05) is 6.92 Å². The van der Waals surface area contributed by atoms with Crippen LogP contribution in [0.3, 0.4) is 0 Å². The molecule has 6 nitrogen and oxygen atoms in total. The van der Waals surface area contributed by atoms with Gasteiger partial charge in [0.05, 0.1) is 0 Å². The predicted octanol–water partition coefficient (Wildman–Crippen LogP) is 1.22. The third-order valence-corrected chi connectivity index (χ3v) is 2.62. The molecule has 20 heavy (non-hydrogen) atoms. The second kappa shape index (κ2) is 11.0. The number of hydrogen-bond acceptors (Lipinski definition) is 3. The molecule has 6 heteroatoms. The van der Waals surface area contributed by atoms with Gasteiger partial charge in [-0.05, 0) is 26.2 Å². The number of amides is 2. The second-order valence-corrected chi connectivity index (χ2v) is 4.47. The molecule has 2 amide bonds. The van der Waals surface area contributed by atoms with Crippen molar-refractivity contribution in [3.63, 3.8) is 0 Å². The molecule has 3 N–H and O–H groups in total. The van der Waals surface area contributed by atoms with Crippen molar-refractivity contribution in [1.82, 2.24) is 10.6 Å². The summed E-state index contributed by atoms with van der Waals surface area (Å²) in [6, 6.07) is -0.910. The lowest BCUT2D eigenvalue weighted by Crippen LogP contribution is -2.40. The average molecular weight is 284 g/mol. The zero-order valence-electron chi connectivity index (χ0n) is 12.1. The Labute approximate surface area is 119 Å². The normalized spacial score (nSPS) is 12.1. The van der Waals surface area contributed by atoms with E-state index in [0.717, 1.165) is 6.42 Å². The number of carboxylic acid groups (broad SMARTS) is 1. The van der Waals surface area contributed by atoms with Crippen molar-refractivity contribution in [2.75, 3.05) is 6.54 Å². The van der Waals surface area contributed by atoms with Crippen LogP contribution in [0.25, 0.3) is 0 Å². The molecule has 0 aromatic rings. The summed E-state index contributed by atoms with van der Waals surface area (Å²) >= 11 is 0. The molecule has 0 bridgehead atoms. The number of allylic oxidation sites excluding steroid dienone is 1. The van der Waals surface area contributed by atoms with Crippen molar-refractivity contribution in [2.45, 2.75) is 52.0 Å². The standard InChI is InChI=1S/C14H24N2O4/c1-3-5-7-11(14(19)20)16-13(18)9-6-8-12(17)15-10-4-2/h3,5,11H,4,6-10H2,1-2H3,(H,15,17)(H,16,18)(H,19,20)/b5-3+. The van der Waals surface area contributed by atoms with Gasteiger partial charge in [0, 0.05) is 19.4 Å². The van der Waals surface area contributed by atoms with Crippen molar-refractivity contribution in [3.8, 4) is 0 Å². The van der Waals surface area contributed by atoms with Crippen molar-refractivity contribution in [2.24, 2.45) is 0 Å². The summed E-state index contributed by atoms with van der Waals surface area (Å²) in [4.78, 5) is 33.8. The molecule has 0 saturated carbocycles. The Hall–Kier alpha value is -1.85. The van der Waals surface area contributed by atoms with E-state index in [9.17, 15) is 14.4 Å². The first kappa shape index (κ1) is 18.1. The van der Waals surface area contributed by atoms with E-state index in [1.54, 1.807) is 19.1 Å². The number of aliphatic carboxylic acids is 1. The fraction of sp³-hybridized carbons (Fsp3) is 0.643. The lowest BCUT2D eigenvalue weighted by atomic mass is 10.1. The Morgan fingerprint density at radius 2 is 1.85 bits per heavy atom. The number of nitrogens with one attached hydrogen (secondary N) is 2. The van der Waals surface area contributed by atoms with Gasteiger partial charge in [0.1, 0.15) is 6.04 Å². The summed E-state index contributed by atoms with van der Waals surface area (Å²) in [6.45, 7) is 4.38. The summed E-state index contributed by atoms with van der Waals surface area (Å²) in [5, 5.41) is 14.1. The molecule has 0 saturated heterocycles. The molecule has 0 fully saturated rings. The number of carbonyl (C=O) groups is 3. The quantitative estimate of drug-likeness (QED) is 0.526. The van der Waals surface area contributed by atoms with Crippen LogP contribution in [-0.4, -0.2) is 35.5 Å². The van der Waals surface area contributed by atoms with Gasteiger partial charge in [-0.1, -0.05) is 19.1 Å². The Kier molecular flexibility index (Phi) is 10.00. The van der Waals surface area contributed by atoms with Gasteiger partial charge in [-0.3, -0.25) is 9.59 Å². The molecule has 0 radical (unpaired) electrons. The van der Waals surface area contributed by atoms with Crippen LogP contribution in [-0.2, 0) is 14.4 Å². The minimum absolute atomic E-state index is 0.0802. The molecule has 0 aliphatic rings. The fourth-order valence-electron chi connectivity index (χ4n) is 1.52. The molecule has 0 aliphatic heterocycles. The Bertz CT molecular complexity index is 353. The van der Waals surface area contributed by atoms with Crippen LogP contribution in [0.15, 0.2) is 12.2 Å². The summed E-state index contributed by atoms with van der Waals surface area (Å²) in [7, 11) is 0. The third kappa shape index (κ3) is 9.13. The first-order valence-electron chi connectivity index (χ1n) is 6.91. The summed E-state index contributed by atoms with van der Waals surface area (Å²) in [6.07, 6.45) is 5.40. The molecule has 0 aromatic carbocycles. The van der Waals surface area contributed by atoms with Gasteiger partial charge >= 0.3 is 5.97 Å². The molecule has 0 spiro atoms. The number of hydrogen-bond donors (Lipinski definition) is 3. The van der Waals surface area contributed by atoms with E-state index in [-0.39, 0.29) is 31.1 Å². The zero-order valence-corrected chi connectivity index (χ0v) is 12.1. The van der Waals surface area contributed by atoms with Crippen molar-refractivity contribution in [3.05, 3.63) is 12.2 Å². The van der Waals surface area contributed by atoms with Gasteiger partial charge in [-0.2, -0.15) is 0 Å². The predicted molar refractivity (Wildman–Crippen MR) is 76.1 cm³/mol. The molecule has 0 aromatic heterocycles. The highest BCUT2D eigenvalue weighted by Gasteiger charge is 2.18. The van der Waals surface area contributed by atoms with Gasteiger partial charge in [0.25, 0.3) is 0 Å². The van der Waals surface area contributed by atoms with Crippen molar-refractivity contribution < 1.29 is 19.5 Å². The number of rotatable bonds is 10. The highest BCUT2D eigenvalue weighted by Crippen LogP contribution is 1.99. The zero-order chi connectivity index (χ0) is 15.4. The summed E-state index contributed by atoms with van der Waals surface area (Å²) in [5.41, 5.74) is 0. The number of carbonyl (C=O) groups excluding carboxylic acids is 2. The van der Waals surface area contributed by atoms with E-state index in [0.29, 0.717) is 13.0 Å².